The number of imide groups is 1. The van der Waals surface area contributed by atoms with Crippen molar-refractivity contribution in [1.82, 2.24) is 14.9 Å². The first kappa shape index (κ1) is 26.1. The van der Waals surface area contributed by atoms with Crippen LogP contribution in [-0.4, -0.2) is 49.5 Å². The number of nitrogens with zero attached hydrogens (tertiary/aromatic N) is 1. The highest BCUT2D eigenvalue weighted by molar-refractivity contribution is 8.18. The SMILES string of the molecule is Cc1ccc(S(=O)(=O)N[C@H](CC(C)C)C(=O)NCCN2C(=O)S/C(=C/c3cccs3)C2=O)cc1. The van der Waals surface area contributed by atoms with Crippen LogP contribution in [0.5, 0.6) is 0 Å². The van der Waals surface area contributed by atoms with Gasteiger partial charge in [-0.3, -0.25) is 19.3 Å². The maximum absolute atomic E-state index is 12.8. The minimum Gasteiger partial charge on any atom is -0.353 e. The summed E-state index contributed by atoms with van der Waals surface area (Å²) in [6.07, 6.45) is 1.97. The number of thiophene rings is 1. The van der Waals surface area contributed by atoms with Gasteiger partial charge < -0.3 is 5.32 Å². The molecule has 0 bridgehead atoms. The zero-order valence-corrected chi connectivity index (χ0v) is 21.6. The summed E-state index contributed by atoms with van der Waals surface area (Å²) in [6, 6.07) is 9.09. The fraction of sp³-hybridized carbons (Fsp3) is 0.348. The lowest BCUT2D eigenvalue weighted by molar-refractivity contribution is -0.125. The van der Waals surface area contributed by atoms with E-state index in [1.807, 2.05) is 38.3 Å². The average Bonchev–Trinajstić information content (AvgIpc) is 3.36. The number of benzene rings is 1. The summed E-state index contributed by atoms with van der Waals surface area (Å²) in [4.78, 5) is 40.0. The van der Waals surface area contributed by atoms with Crippen molar-refractivity contribution in [2.45, 2.75) is 38.1 Å². The largest absolute Gasteiger partial charge is 0.353 e. The summed E-state index contributed by atoms with van der Waals surface area (Å²) in [6.45, 7) is 5.65. The fourth-order valence-corrected chi connectivity index (χ4v) is 6.06. The number of nitrogens with one attached hydrogen (secondary N) is 2. The summed E-state index contributed by atoms with van der Waals surface area (Å²) in [7, 11) is -3.90. The molecule has 2 aromatic rings. The standard InChI is InChI=1S/C23H27N3O5S3/c1-15(2)13-19(25-34(30,31)18-8-6-16(3)7-9-18)21(27)24-10-11-26-22(28)20(33-23(26)29)14-17-5-4-12-32-17/h4-9,12,14-15,19,25H,10-11,13H2,1-3H3,(H,24,27)/b20-14+/t19-/m1/s1. The van der Waals surface area contributed by atoms with E-state index in [0.29, 0.717) is 11.3 Å². The highest BCUT2D eigenvalue weighted by atomic mass is 32.2. The number of carbonyl (C=O) groups is 3. The van der Waals surface area contributed by atoms with Crippen LogP contribution in [-0.2, 0) is 19.6 Å². The number of aryl methyl sites for hydroxylation is 1. The number of hydrogen-bond donors (Lipinski definition) is 2. The molecule has 1 aromatic carbocycles. The van der Waals surface area contributed by atoms with Gasteiger partial charge in [0.05, 0.1) is 9.80 Å². The first-order chi connectivity index (χ1) is 16.1. The zero-order valence-electron chi connectivity index (χ0n) is 19.1. The second kappa shape index (κ2) is 11.3. The normalized spacial score (nSPS) is 16.5. The molecule has 0 saturated carbocycles. The highest BCUT2D eigenvalue weighted by Crippen LogP contribution is 2.32. The van der Waals surface area contributed by atoms with E-state index in [2.05, 4.69) is 10.0 Å². The molecule has 1 saturated heterocycles. The Morgan fingerprint density at radius 3 is 2.47 bits per heavy atom. The Morgan fingerprint density at radius 1 is 1.15 bits per heavy atom. The van der Waals surface area contributed by atoms with Gasteiger partial charge in [0.2, 0.25) is 15.9 Å². The van der Waals surface area contributed by atoms with Crippen LogP contribution in [0.3, 0.4) is 0 Å². The molecule has 2 N–H and O–H groups in total. The van der Waals surface area contributed by atoms with E-state index in [4.69, 9.17) is 0 Å². The summed E-state index contributed by atoms with van der Waals surface area (Å²) < 4.78 is 28.0. The average molecular weight is 522 g/mol. The van der Waals surface area contributed by atoms with Crippen molar-refractivity contribution in [3.05, 3.63) is 57.1 Å². The van der Waals surface area contributed by atoms with E-state index in [-0.39, 0.29) is 23.9 Å². The van der Waals surface area contributed by atoms with Crippen LogP contribution in [0.15, 0.2) is 51.6 Å². The number of thioether (sulfide) groups is 1. The Labute approximate surface area is 207 Å². The molecule has 1 aliphatic rings. The maximum atomic E-state index is 12.8. The van der Waals surface area contributed by atoms with Crippen molar-refractivity contribution in [2.75, 3.05) is 13.1 Å². The van der Waals surface area contributed by atoms with E-state index >= 15 is 0 Å². The van der Waals surface area contributed by atoms with Crippen molar-refractivity contribution in [3.8, 4) is 0 Å². The van der Waals surface area contributed by atoms with Crippen LogP contribution in [0.4, 0.5) is 4.79 Å². The third-order valence-corrected chi connectivity index (χ3v) is 8.19. The van der Waals surface area contributed by atoms with Gasteiger partial charge >= 0.3 is 0 Å². The Bertz CT molecular complexity index is 1170. The van der Waals surface area contributed by atoms with Gasteiger partial charge in [-0.1, -0.05) is 37.6 Å². The molecular weight excluding hydrogens is 494 g/mol. The molecule has 34 heavy (non-hydrogen) atoms. The van der Waals surface area contributed by atoms with Gasteiger partial charge in [-0.15, -0.1) is 11.3 Å². The maximum Gasteiger partial charge on any atom is 0.293 e. The molecule has 1 atom stereocenters. The Morgan fingerprint density at radius 2 is 1.85 bits per heavy atom. The van der Waals surface area contributed by atoms with Gasteiger partial charge in [-0.05, 0) is 60.7 Å². The Kier molecular flexibility index (Phi) is 8.69. The summed E-state index contributed by atoms with van der Waals surface area (Å²) in [5, 5.41) is 4.14. The van der Waals surface area contributed by atoms with E-state index in [0.717, 1.165) is 27.1 Å². The molecule has 8 nitrogen and oxygen atoms in total. The van der Waals surface area contributed by atoms with Crippen molar-refractivity contribution < 1.29 is 22.8 Å². The minimum atomic E-state index is -3.90. The molecule has 0 radical (unpaired) electrons. The van der Waals surface area contributed by atoms with Crippen LogP contribution in [0.1, 0.15) is 30.7 Å². The quantitative estimate of drug-likeness (QED) is 0.462. The number of sulfonamides is 1. The first-order valence-corrected chi connectivity index (χ1v) is 13.9. The highest BCUT2D eigenvalue weighted by Gasteiger charge is 2.35. The summed E-state index contributed by atoms with van der Waals surface area (Å²) >= 11 is 2.32. The van der Waals surface area contributed by atoms with Crippen molar-refractivity contribution in [2.24, 2.45) is 5.92 Å². The molecule has 3 rings (SSSR count). The van der Waals surface area contributed by atoms with E-state index in [9.17, 15) is 22.8 Å². The monoisotopic (exact) mass is 521 g/mol. The molecule has 1 aliphatic heterocycles. The molecule has 0 aliphatic carbocycles. The van der Waals surface area contributed by atoms with Gasteiger partial charge in [-0.25, -0.2) is 8.42 Å². The summed E-state index contributed by atoms with van der Waals surface area (Å²) in [5.74, 6) is -0.860. The van der Waals surface area contributed by atoms with Crippen LogP contribution < -0.4 is 10.0 Å². The van der Waals surface area contributed by atoms with Gasteiger partial charge in [0.15, 0.2) is 0 Å². The predicted molar refractivity (Wildman–Crippen MR) is 135 cm³/mol. The minimum absolute atomic E-state index is 0.00268. The van der Waals surface area contributed by atoms with Crippen LogP contribution in [0, 0.1) is 12.8 Å². The molecule has 0 unspecified atom stereocenters. The van der Waals surface area contributed by atoms with Gasteiger partial charge in [-0.2, -0.15) is 4.72 Å². The lowest BCUT2D eigenvalue weighted by Gasteiger charge is -2.21. The Hall–Kier alpha value is -2.47. The third-order valence-electron chi connectivity index (χ3n) is 4.98. The lowest BCUT2D eigenvalue weighted by atomic mass is 10.0. The molecule has 1 aromatic heterocycles. The fourth-order valence-electron chi connectivity index (χ4n) is 3.26. The first-order valence-electron chi connectivity index (χ1n) is 10.7. The van der Waals surface area contributed by atoms with Crippen molar-refractivity contribution in [3.63, 3.8) is 0 Å². The Balaban J connectivity index is 1.61. The molecular formula is C23H27N3O5S3. The zero-order chi connectivity index (χ0) is 24.9. The third kappa shape index (κ3) is 6.78. The van der Waals surface area contributed by atoms with E-state index in [1.165, 1.54) is 23.5 Å². The van der Waals surface area contributed by atoms with Crippen LogP contribution in [0.25, 0.3) is 6.08 Å². The van der Waals surface area contributed by atoms with Crippen LogP contribution >= 0.6 is 23.1 Å². The molecule has 3 amide bonds. The van der Waals surface area contributed by atoms with Crippen LogP contribution in [0.2, 0.25) is 0 Å². The van der Waals surface area contributed by atoms with E-state index < -0.39 is 33.1 Å². The second-order valence-electron chi connectivity index (χ2n) is 8.26. The molecule has 11 heteroatoms. The van der Waals surface area contributed by atoms with Crippen molar-refractivity contribution >= 4 is 56.3 Å². The molecule has 1 fully saturated rings. The smallest absolute Gasteiger partial charge is 0.293 e. The molecule has 0 spiro atoms. The molecule has 182 valence electrons. The molecule has 2 heterocycles. The topological polar surface area (TPSA) is 113 Å². The van der Waals surface area contributed by atoms with Gasteiger partial charge in [0.25, 0.3) is 11.1 Å². The number of carbonyl (C=O) groups excluding carboxylic acids is 3. The lowest BCUT2D eigenvalue weighted by Crippen LogP contribution is -2.49. The van der Waals surface area contributed by atoms with Crippen molar-refractivity contribution in [1.29, 1.82) is 0 Å². The summed E-state index contributed by atoms with van der Waals surface area (Å²) in [5.41, 5.74) is 0.924. The number of amides is 3. The number of hydrogen-bond acceptors (Lipinski definition) is 7. The van der Waals surface area contributed by atoms with E-state index in [1.54, 1.807) is 18.2 Å². The second-order valence-corrected chi connectivity index (χ2v) is 11.9. The predicted octanol–water partition coefficient (Wildman–Crippen LogP) is 3.60. The van der Waals surface area contributed by atoms with Gasteiger partial charge in [0.1, 0.15) is 6.04 Å². The van der Waals surface area contributed by atoms with Gasteiger partial charge in [0, 0.05) is 18.0 Å². The number of rotatable bonds is 10.